The second-order valence-corrected chi connectivity index (χ2v) is 5.94. The van der Waals surface area contributed by atoms with Gasteiger partial charge in [0, 0.05) is 38.8 Å². The van der Waals surface area contributed by atoms with E-state index in [1.165, 1.54) is 10.7 Å². The molecule has 1 aromatic heterocycles. The van der Waals surface area contributed by atoms with Gasteiger partial charge in [-0.3, -0.25) is 10.1 Å². The second-order valence-electron chi connectivity index (χ2n) is 5.19. The number of rotatable bonds is 4. The van der Waals surface area contributed by atoms with E-state index in [9.17, 15) is 10.1 Å². The predicted octanol–water partition coefficient (Wildman–Crippen LogP) is -2.62. The van der Waals surface area contributed by atoms with Crippen LogP contribution in [0.15, 0.2) is 47.7 Å². The van der Waals surface area contributed by atoms with Crippen LogP contribution in [-0.2, 0) is 0 Å². The van der Waals surface area contributed by atoms with E-state index in [0.717, 1.165) is 11.3 Å². The molecule has 0 amide bonds. The zero-order valence-electron chi connectivity index (χ0n) is 14.2. The van der Waals surface area contributed by atoms with Gasteiger partial charge >= 0.3 is 5.69 Å². The third kappa shape index (κ3) is 7.51. The zero-order valence-corrected chi connectivity index (χ0v) is 15.0. The molecule has 0 saturated heterocycles. The number of nitrogens with zero attached hydrogens (tertiary/aromatic N) is 4. The molecule has 0 saturated carbocycles. The van der Waals surface area contributed by atoms with Crippen molar-refractivity contribution >= 4 is 17.6 Å². The first-order valence-electron chi connectivity index (χ1n) is 7.08. The average Bonchev–Trinajstić information content (AvgIpc) is 2.52. The maximum atomic E-state index is 10.9. The van der Waals surface area contributed by atoms with Gasteiger partial charge in [0.25, 0.3) is 5.69 Å². The van der Waals surface area contributed by atoms with E-state index >= 15 is 0 Å². The summed E-state index contributed by atoms with van der Waals surface area (Å²) in [6, 6.07) is 11.0. The van der Waals surface area contributed by atoms with Crippen LogP contribution in [0.2, 0.25) is 0 Å². The number of hydrogen-bond donors (Lipinski definition) is 0. The van der Waals surface area contributed by atoms with Gasteiger partial charge in [-0.1, -0.05) is 12.1 Å². The number of nitro groups is 1. The molecule has 0 radical (unpaired) electrons. The minimum absolute atomic E-state index is 0.0533. The Labute approximate surface area is 151 Å². The average molecular weight is 385 g/mol. The summed E-state index contributed by atoms with van der Waals surface area (Å²) in [5, 5.41) is 15.2. The second kappa shape index (κ2) is 9.17. The van der Waals surface area contributed by atoms with Crippen LogP contribution < -0.4 is 28.2 Å². The van der Waals surface area contributed by atoms with Crippen LogP contribution in [0.25, 0.3) is 0 Å². The molecule has 0 unspecified atom stereocenters. The van der Waals surface area contributed by atoms with Crippen molar-refractivity contribution in [3.05, 3.63) is 64.0 Å². The van der Waals surface area contributed by atoms with E-state index in [1.54, 1.807) is 25.4 Å². The zero-order chi connectivity index (χ0) is 19.9. The van der Waals surface area contributed by atoms with Gasteiger partial charge in [-0.15, -0.1) is 10.2 Å². The number of hydrogen-bond acceptors (Lipinski definition) is 8. The van der Waals surface area contributed by atoms with Crippen LogP contribution >= 0.6 is 0 Å². The molecule has 10 nitrogen and oxygen atoms in total. The van der Waals surface area contributed by atoms with Gasteiger partial charge in [-0.25, -0.2) is 18.6 Å². The monoisotopic (exact) mass is 384 g/mol. The molecule has 140 valence electrons. The molecule has 0 atom stereocenters. The summed E-state index contributed by atoms with van der Waals surface area (Å²) in [6.45, 7) is 1.67. The third-order valence-corrected chi connectivity index (χ3v) is 3.13. The van der Waals surface area contributed by atoms with Crippen LogP contribution in [0.3, 0.4) is 0 Å². The van der Waals surface area contributed by atoms with E-state index in [1.807, 2.05) is 43.3 Å². The van der Waals surface area contributed by atoms with E-state index in [4.69, 9.17) is 18.6 Å². The van der Waals surface area contributed by atoms with Crippen molar-refractivity contribution in [3.8, 4) is 0 Å². The highest BCUT2D eigenvalue weighted by Crippen LogP contribution is 2.12. The largest absolute Gasteiger partial charge is 0.378 e. The molecule has 0 aliphatic rings. The molecule has 2 rings (SSSR count). The van der Waals surface area contributed by atoms with Gasteiger partial charge in [0.1, 0.15) is 6.21 Å². The number of benzene rings is 1. The van der Waals surface area contributed by atoms with Crippen molar-refractivity contribution in [1.82, 2.24) is 0 Å². The highest BCUT2D eigenvalue weighted by Gasteiger charge is 2.19. The van der Waals surface area contributed by atoms with Crippen LogP contribution in [0, 0.1) is 27.3 Å². The predicted molar refractivity (Wildman–Crippen MR) is 81.8 cm³/mol. The molecule has 0 aliphatic carbocycles. The van der Waals surface area contributed by atoms with Gasteiger partial charge in [-0.2, -0.15) is 0 Å². The van der Waals surface area contributed by atoms with Gasteiger partial charge in [0.2, 0.25) is 6.20 Å². The van der Waals surface area contributed by atoms with Crippen LogP contribution in [-0.4, -0.2) is 25.2 Å². The molecule has 0 bridgehead atoms. The molecular weight excluding hydrogens is 368 g/mol. The molecule has 2 aromatic rings. The maximum absolute atomic E-state index is 10.9. The quantitative estimate of drug-likeness (QED) is 0.242. The van der Waals surface area contributed by atoms with Crippen molar-refractivity contribution in [1.29, 1.82) is 0 Å². The minimum Gasteiger partial charge on any atom is -0.378 e. The van der Waals surface area contributed by atoms with E-state index in [0.29, 0.717) is 5.69 Å². The molecular formula is C15H17ClN4O6. The van der Waals surface area contributed by atoms with Crippen molar-refractivity contribution in [2.75, 3.05) is 19.0 Å². The Balaban J connectivity index is 0.000000597. The summed E-state index contributed by atoms with van der Waals surface area (Å²) < 4.78 is 35.5. The summed E-state index contributed by atoms with van der Waals surface area (Å²) in [4.78, 5) is 12.5. The van der Waals surface area contributed by atoms with Gasteiger partial charge < -0.3 is 4.90 Å². The van der Waals surface area contributed by atoms with E-state index in [-0.39, 0.29) is 5.69 Å². The van der Waals surface area contributed by atoms with Crippen LogP contribution in [0.4, 0.5) is 11.4 Å². The fourth-order valence-electron chi connectivity index (χ4n) is 1.87. The topological polar surface area (TPSA) is 155 Å². The first-order valence-corrected chi connectivity index (χ1v) is 8.31. The summed E-state index contributed by atoms with van der Waals surface area (Å²) in [5.41, 5.74) is 2.58. The minimum atomic E-state index is -4.94. The first-order chi connectivity index (χ1) is 12.0. The number of aromatic nitrogens is 1. The van der Waals surface area contributed by atoms with Crippen molar-refractivity contribution < 1.29 is 38.5 Å². The Morgan fingerprint density at radius 3 is 2.12 bits per heavy atom. The summed E-state index contributed by atoms with van der Waals surface area (Å²) in [5.74, 6) is 0. The molecule has 11 heteroatoms. The lowest BCUT2D eigenvalue weighted by Crippen LogP contribution is -2.68. The molecule has 0 N–H and O–H groups in total. The Morgan fingerprint density at radius 1 is 1.12 bits per heavy atom. The van der Waals surface area contributed by atoms with Crippen molar-refractivity contribution in [3.63, 3.8) is 0 Å². The molecule has 0 spiro atoms. The lowest BCUT2D eigenvalue weighted by molar-refractivity contribution is -2.00. The first kappa shape index (κ1) is 21.4. The normalized spacial score (nSPS) is 11.0. The number of anilines is 1. The fraction of sp³-hybridized carbons (Fsp3) is 0.200. The third-order valence-electron chi connectivity index (χ3n) is 3.13. The van der Waals surface area contributed by atoms with Gasteiger partial charge in [-0.05, 0) is 27.5 Å². The highest BCUT2D eigenvalue weighted by atomic mass is 35.7. The molecule has 0 aliphatic heterocycles. The van der Waals surface area contributed by atoms with Gasteiger partial charge in [0.05, 0.1) is 4.92 Å². The standard InChI is InChI=1S/C15H17N4O2.ClHO4/c1-12-15(19(20)21)5-4-10-18(12)16-11-13-6-8-14(9-7-13)17(2)3;2-1(3,4)5/h4-11H,1-3H3;(H,2,3,4,5)/q+1;/p-1/b16-11+;. The maximum Gasteiger partial charge on any atom is 0.338 e. The van der Waals surface area contributed by atoms with Crippen molar-refractivity contribution in [2.24, 2.45) is 5.10 Å². The summed E-state index contributed by atoms with van der Waals surface area (Å²) in [7, 11) is -0.989. The number of pyridine rings is 1. The molecule has 0 fully saturated rings. The summed E-state index contributed by atoms with van der Waals surface area (Å²) in [6.07, 6.45) is 3.36. The lowest BCUT2D eigenvalue weighted by atomic mass is 10.2. The number of halogens is 1. The Bertz CT molecular complexity index is 769. The van der Waals surface area contributed by atoms with Crippen molar-refractivity contribution in [2.45, 2.75) is 6.92 Å². The van der Waals surface area contributed by atoms with E-state index < -0.39 is 15.2 Å². The molecule has 1 aromatic carbocycles. The van der Waals surface area contributed by atoms with E-state index in [2.05, 4.69) is 5.10 Å². The Morgan fingerprint density at radius 2 is 1.65 bits per heavy atom. The smallest absolute Gasteiger partial charge is 0.338 e. The lowest BCUT2D eigenvalue weighted by Gasteiger charge is -2.17. The van der Waals surface area contributed by atoms with Gasteiger partial charge in [0.15, 0.2) is 0 Å². The SMILES string of the molecule is Cc1c([N+](=O)[O-])ccc[n+]1/N=C/c1ccc(N(C)C)cc1.[O-][Cl+3]([O-])([O-])[O-]. The Hall–Kier alpha value is -2.63. The molecule has 26 heavy (non-hydrogen) atoms. The highest BCUT2D eigenvalue weighted by molar-refractivity contribution is 5.79. The Kier molecular flexibility index (Phi) is 7.56. The fourth-order valence-corrected chi connectivity index (χ4v) is 1.87. The van der Waals surface area contributed by atoms with Crippen LogP contribution in [0.5, 0.6) is 0 Å². The molecule has 1 heterocycles. The summed E-state index contributed by atoms with van der Waals surface area (Å²) >= 11 is 0. The van der Waals surface area contributed by atoms with Crippen LogP contribution in [0.1, 0.15) is 11.3 Å².